The number of nitrogens with two attached hydrogens (primary N) is 1. The molecule has 0 bridgehead atoms. The van der Waals surface area contributed by atoms with E-state index in [1.807, 2.05) is 0 Å². The molecule has 18 heavy (non-hydrogen) atoms. The van der Waals surface area contributed by atoms with Crippen LogP contribution in [-0.4, -0.2) is 17.0 Å². The lowest BCUT2D eigenvalue weighted by Gasteiger charge is -2.14. The molecule has 1 rings (SSSR count). The van der Waals surface area contributed by atoms with Gasteiger partial charge < -0.3 is 16.3 Å². The molecule has 0 spiro atoms. The highest BCUT2D eigenvalue weighted by Gasteiger charge is 2.21. The van der Waals surface area contributed by atoms with E-state index < -0.39 is 5.92 Å². The highest BCUT2D eigenvalue weighted by atomic mass is 79.9. The number of nitrogens with one attached hydrogen (secondary N) is 1. The van der Waals surface area contributed by atoms with Crippen molar-refractivity contribution in [1.29, 1.82) is 0 Å². The molecular weight excluding hydrogens is 321 g/mol. The van der Waals surface area contributed by atoms with Crippen molar-refractivity contribution < 1.29 is 10.0 Å². The fraction of sp³-hybridized carbons (Fsp3) is 0.273. The molecule has 0 fully saturated rings. The molecule has 0 aliphatic carbocycles. The Morgan fingerprint density at radius 1 is 1.67 bits per heavy atom. The minimum atomic E-state index is -0.690. The zero-order valence-electron chi connectivity index (χ0n) is 9.65. The molecule has 1 amide bonds. The lowest BCUT2D eigenvalue weighted by Crippen LogP contribution is -2.34. The number of rotatable bonds is 4. The molecule has 0 saturated carbocycles. The van der Waals surface area contributed by atoms with Crippen LogP contribution >= 0.6 is 27.5 Å². The van der Waals surface area contributed by atoms with Crippen LogP contribution in [0.1, 0.15) is 13.3 Å². The first-order valence-corrected chi connectivity index (χ1v) is 6.40. The molecule has 1 aromatic carbocycles. The predicted molar refractivity (Wildman–Crippen MR) is 75.0 cm³/mol. The van der Waals surface area contributed by atoms with Gasteiger partial charge in [-0.3, -0.25) is 4.79 Å². The molecule has 1 atom stereocenters. The molecule has 98 valence electrons. The topological polar surface area (TPSA) is 87.7 Å². The predicted octanol–water partition coefficient (Wildman–Crippen LogP) is 2.81. The fourth-order valence-electron chi connectivity index (χ4n) is 1.41. The molecule has 0 aliphatic rings. The van der Waals surface area contributed by atoms with Gasteiger partial charge in [0.25, 0.3) is 0 Å². The van der Waals surface area contributed by atoms with Crippen LogP contribution in [0.4, 0.5) is 5.69 Å². The first kappa shape index (κ1) is 14.8. The average Bonchev–Trinajstić information content (AvgIpc) is 2.34. The number of amidine groups is 1. The lowest BCUT2D eigenvalue weighted by molar-refractivity contribution is -0.118. The zero-order chi connectivity index (χ0) is 13.7. The van der Waals surface area contributed by atoms with Crippen molar-refractivity contribution in [2.24, 2.45) is 16.8 Å². The summed E-state index contributed by atoms with van der Waals surface area (Å²) in [6.07, 6.45) is 0.424. The van der Waals surface area contributed by atoms with E-state index in [2.05, 4.69) is 26.4 Å². The van der Waals surface area contributed by atoms with Crippen LogP contribution in [0.25, 0.3) is 0 Å². The monoisotopic (exact) mass is 333 g/mol. The van der Waals surface area contributed by atoms with E-state index in [0.717, 1.165) is 4.47 Å². The second-order valence-electron chi connectivity index (χ2n) is 3.60. The molecule has 7 heteroatoms. The molecule has 5 nitrogen and oxygen atoms in total. The first-order chi connectivity index (χ1) is 8.49. The van der Waals surface area contributed by atoms with E-state index in [4.69, 9.17) is 22.5 Å². The summed E-state index contributed by atoms with van der Waals surface area (Å²) in [6.45, 7) is 1.77. The van der Waals surface area contributed by atoms with Gasteiger partial charge >= 0.3 is 0 Å². The van der Waals surface area contributed by atoms with E-state index in [-0.39, 0.29) is 11.7 Å². The van der Waals surface area contributed by atoms with Crippen LogP contribution in [0.3, 0.4) is 0 Å². The molecule has 0 aliphatic heterocycles. The van der Waals surface area contributed by atoms with Crippen LogP contribution in [0.15, 0.2) is 27.8 Å². The van der Waals surface area contributed by atoms with Gasteiger partial charge in [0.15, 0.2) is 5.84 Å². The van der Waals surface area contributed by atoms with E-state index in [1.54, 1.807) is 25.1 Å². The average molecular weight is 335 g/mol. The number of nitrogens with zero attached hydrogens (tertiary/aromatic N) is 1. The Kier molecular flexibility index (Phi) is 5.43. The van der Waals surface area contributed by atoms with Crippen LogP contribution in [0.5, 0.6) is 0 Å². The number of carbonyl (C=O) groups is 1. The Hall–Kier alpha value is -1.27. The van der Waals surface area contributed by atoms with Crippen molar-refractivity contribution in [3.8, 4) is 0 Å². The Bertz CT molecular complexity index is 479. The largest absolute Gasteiger partial charge is 0.409 e. The summed E-state index contributed by atoms with van der Waals surface area (Å²) < 4.78 is 0.791. The SMILES string of the molecule is CCC(C(=O)Nc1cc(Br)ccc1Cl)C(N)=NO. The third kappa shape index (κ3) is 3.61. The molecular formula is C11H13BrClN3O2. The standard InChI is InChI=1S/C11H13BrClN3O2/c1-2-7(10(14)16-18)11(17)15-9-5-6(12)3-4-8(9)13/h3-5,7,18H,2H2,1H3,(H2,14,16)(H,15,17). The van der Waals surface area contributed by atoms with Gasteiger partial charge in [-0.15, -0.1) is 0 Å². The summed E-state index contributed by atoms with van der Waals surface area (Å²) in [7, 11) is 0. The van der Waals surface area contributed by atoms with Gasteiger partial charge in [-0.25, -0.2) is 0 Å². The Morgan fingerprint density at radius 2 is 2.33 bits per heavy atom. The number of benzene rings is 1. The number of amides is 1. The van der Waals surface area contributed by atoms with Gasteiger partial charge in [-0.05, 0) is 24.6 Å². The summed E-state index contributed by atoms with van der Waals surface area (Å²) in [5.41, 5.74) is 5.92. The molecule has 0 aromatic heterocycles. The van der Waals surface area contributed by atoms with Gasteiger partial charge in [-0.2, -0.15) is 0 Å². The van der Waals surface area contributed by atoms with Crippen molar-refractivity contribution in [2.75, 3.05) is 5.32 Å². The van der Waals surface area contributed by atoms with E-state index in [0.29, 0.717) is 17.1 Å². The number of anilines is 1. The maximum Gasteiger partial charge on any atom is 0.235 e. The van der Waals surface area contributed by atoms with E-state index >= 15 is 0 Å². The van der Waals surface area contributed by atoms with Gasteiger partial charge in [0.1, 0.15) is 0 Å². The van der Waals surface area contributed by atoms with Gasteiger partial charge in [0, 0.05) is 4.47 Å². The second kappa shape index (κ2) is 6.61. The lowest BCUT2D eigenvalue weighted by atomic mass is 10.0. The maximum absolute atomic E-state index is 12.0. The quantitative estimate of drug-likeness (QED) is 0.342. The van der Waals surface area contributed by atoms with Crippen molar-refractivity contribution in [1.82, 2.24) is 0 Å². The van der Waals surface area contributed by atoms with Crippen LogP contribution in [-0.2, 0) is 4.79 Å². The van der Waals surface area contributed by atoms with Gasteiger partial charge in [0.05, 0.1) is 16.6 Å². The highest BCUT2D eigenvalue weighted by Crippen LogP contribution is 2.26. The summed E-state index contributed by atoms with van der Waals surface area (Å²) in [4.78, 5) is 12.0. The van der Waals surface area contributed by atoms with E-state index in [1.165, 1.54) is 0 Å². The summed E-state index contributed by atoms with van der Waals surface area (Å²) in [5.74, 6) is -1.18. The molecule has 4 N–H and O–H groups in total. The molecule has 0 radical (unpaired) electrons. The molecule has 0 heterocycles. The number of hydrogen-bond acceptors (Lipinski definition) is 3. The fourth-order valence-corrected chi connectivity index (χ4v) is 1.94. The van der Waals surface area contributed by atoms with Crippen molar-refractivity contribution in [2.45, 2.75) is 13.3 Å². The molecule has 1 aromatic rings. The highest BCUT2D eigenvalue weighted by molar-refractivity contribution is 9.10. The summed E-state index contributed by atoms with van der Waals surface area (Å²) in [6, 6.07) is 5.10. The van der Waals surface area contributed by atoms with Crippen LogP contribution in [0, 0.1) is 5.92 Å². The second-order valence-corrected chi connectivity index (χ2v) is 4.92. The zero-order valence-corrected chi connectivity index (χ0v) is 12.0. The normalized spacial score (nSPS) is 13.2. The maximum atomic E-state index is 12.0. The number of hydrogen-bond donors (Lipinski definition) is 3. The first-order valence-electron chi connectivity index (χ1n) is 5.23. The van der Waals surface area contributed by atoms with Crippen molar-refractivity contribution in [3.05, 3.63) is 27.7 Å². The van der Waals surface area contributed by atoms with Crippen LogP contribution < -0.4 is 11.1 Å². The van der Waals surface area contributed by atoms with E-state index in [9.17, 15) is 4.79 Å². The van der Waals surface area contributed by atoms with Crippen LogP contribution in [0.2, 0.25) is 5.02 Å². The number of halogens is 2. The van der Waals surface area contributed by atoms with Crippen molar-refractivity contribution >= 4 is 45.0 Å². The molecule has 1 unspecified atom stereocenters. The van der Waals surface area contributed by atoms with Crippen molar-refractivity contribution in [3.63, 3.8) is 0 Å². The third-order valence-electron chi connectivity index (χ3n) is 2.38. The van der Waals surface area contributed by atoms with Gasteiger partial charge in [-0.1, -0.05) is 39.6 Å². The minimum absolute atomic E-state index is 0.124. The minimum Gasteiger partial charge on any atom is -0.409 e. The number of carbonyl (C=O) groups excluding carboxylic acids is 1. The molecule has 0 saturated heterocycles. The smallest absolute Gasteiger partial charge is 0.235 e. The van der Waals surface area contributed by atoms with Gasteiger partial charge in [0.2, 0.25) is 5.91 Å². The summed E-state index contributed by atoms with van der Waals surface area (Å²) in [5, 5.41) is 14.5. The summed E-state index contributed by atoms with van der Waals surface area (Å²) >= 11 is 9.24. The Labute approximate surface area is 118 Å². The third-order valence-corrected chi connectivity index (χ3v) is 3.21. The Balaban J connectivity index is 2.89. The Morgan fingerprint density at radius 3 is 2.89 bits per heavy atom. The number of oxime groups is 1.